The second-order valence-corrected chi connectivity index (χ2v) is 10.7. The second kappa shape index (κ2) is 10.1. The maximum absolute atomic E-state index is 13.3. The predicted molar refractivity (Wildman–Crippen MR) is 145 cm³/mol. The summed E-state index contributed by atoms with van der Waals surface area (Å²) in [6.07, 6.45) is 0.147. The molecule has 0 amide bonds. The zero-order valence-electron chi connectivity index (χ0n) is 21.9. The van der Waals surface area contributed by atoms with Gasteiger partial charge in [0.2, 0.25) is 5.88 Å². The number of aromatic nitrogens is 7. The van der Waals surface area contributed by atoms with Gasteiger partial charge in [-0.3, -0.25) is 0 Å². The van der Waals surface area contributed by atoms with E-state index in [1.54, 1.807) is 24.8 Å². The Morgan fingerprint density at radius 2 is 1.85 bits per heavy atom. The number of fused-ring (bicyclic) bond motifs is 1. The molecule has 1 aromatic carbocycles. The van der Waals surface area contributed by atoms with Crippen LogP contribution in [0.3, 0.4) is 0 Å². The highest BCUT2D eigenvalue weighted by atomic mass is 32.1. The fourth-order valence-corrected chi connectivity index (χ4v) is 5.16. The highest BCUT2D eigenvalue weighted by molar-refractivity contribution is 7.16. The van der Waals surface area contributed by atoms with Crippen molar-refractivity contribution in [3.63, 3.8) is 0 Å². The molecular formula is C27H25F3N8OS. The van der Waals surface area contributed by atoms with Crippen LogP contribution in [0.25, 0.3) is 33.1 Å². The largest absolute Gasteiger partial charge is 0.480 e. The Kier molecular flexibility index (Phi) is 6.61. The molecule has 1 N–H and O–H groups in total. The number of anilines is 1. The Balaban J connectivity index is 1.29. The number of hydrogen-bond acceptors (Lipinski definition) is 9. The van der Waals surface area contributed by atoms with Gasteiger partial charge in [-0.1, -0.05) is 24.3 Å². The molecule has 0 atom stereocenters. The van der Waals surface area contributed by atoms with E-state index in [-0.39, 0.29) is 11.9 Å². The number of halogens is 3. The summed E-state index contributed by atoms with van der Waals surface area (Å²) >= 11 is 1.41. The van der Waals surface area contributed by atoms with Crippen molar-refractivity contribution in [1.82, 2.24) is 34.5 Å². The Morgan fingerprint density at radius 3 is 2.52 bits per heavy atom. The van der Waals surface area contributed by atoms with Crippen molar-refractivity contribution < 1.29 is 17.9 Å². The topological polar surface area (TPSA) is 104 Å². The molecule has 5 aromatic rings. The number of benzene rings is 1. The maximum Gasteiger partial charge on any atom is 0.434 e. The molecule has 1 aliphatic carbocycles. The Labute approximate surface area is 231 Å². The minimum Gasteiger partial charge on any atom is -0.480 e. The first-order chi connectivity index (χ1) is 19.2. The molecule has 6 rings (SSSR count). The van der Waals surface area contributed by atoms with Gasteiger partial charge in [-0.2, -0.15) is 13.2 Å². The van der Waals surface area contributed by atoms with Crippen LogP contribution in [0.1, 0.15) is 55.6 Å². The molecule has 0 saturated heterocycles. The lowest BCUT2D eigenvalue weighted by Gasteiger charge is -2.13. The predicted octanol–water partition coefficient (Wildman–Crippen LogP) is 6.50. The lowest BCUT2D eigenvalue weighted by molar-refractivity contribution is -0.140. The van der Waals surface area contributed by atoms with E-state index < -0.39 is 11.9 Å². The molecule has 1 fully saturated rings. The third kappa shape index (κ3) is 4.96. The van der Waals surface area contributed by atoms with Crippen molar-refractivity contribution >= 4 is 27.5 Å². The van der Waals surface area contributed by atoms with E-state index in [1.807, 2.05) is 26.0 Å². The number of thiazole rings is 1. The van der Waals surface area contributed by atoms with Crippen molar-refractivity contribution in [3.05, 3.63) is 59.3 Å². The zero-order valence-corrected chi connectivity index (χ0v) is 22.7. The van der Waals surface area contributed by atoms with E-state index >= 15 is 0 Å². The van der Waals surface area contributed by atoms with Crippen molar-refractivity contribution in [2.45, 2.75) is 51.4 Å². The first kappa shape index (κ1) is 26.1. The summed E-state index contributed by atoms with van der Waals surface area (Å²) in [5, 5.41) is 3.36. The van der Waals surface area contributed by atoms with Crippen LogP contribution in [-0.4, -0.2) is 41.6 Å². The summed E-state index contributed by atoms with van der Waals surface area (Å²) in [6, 6.07) is 7.08. The van der Waals surface area contributed by atoms with Gasteiger partial charge in [0.05, 0.1) is 18.3 Å². The molecule has 4 heterocycles. The van der Waals surface area contributed by atoms with E-state index in [4.69, 9.17) is 14.7 Å². The van der Waals surface area contributed by atoms with Gasteiger partial charge >= 0.3 is 6.18 Å². The molecule has 4 aromatic heterocycles. The van der Waals surface area contributed by atoms with Gasteiger partial charge < -0.3 is 14.6 Å². The van der Waals surface area contributed by atoms with E-state index in [1.165, 1.54) is 22.2 Å². The fourth-order valence-electron chi connectivity index (χ4n) is 4.51. The molecule has 0 unspecified atom stereocenters. The third-order valence-electron chi connectivity index (χ3n) is 6.67. The first-order valence-electron chi connectivity index (χ1n) is 12.7. The van der Waals surface area contributed by atoms with Crippen LogP contribution in [-0.2, 0) is 12.7 Å². The van der Waals surface area contributed by atoms with Crippen LogP contribution < -0.4 is 10.1 Å². The van der Waals surface area contributed by atoms with Gasteiger partial charge in [-0.15, -0.1) is 11.3 Å². The summed E-state index contributed by atoms with van der Waals surface area (Å²) < 4.78 is 47.0. The Morgan fingerprint density at radius 1 is 1.07 bits per heavy atom. The van der Waals surface area contributed by atoms with Crippen LogP contribution in [0.5, 0.6) is 5.88 Å². The average molecular weight is 567 g/mol. The summed E-state index contributed by atoms with van der Waals surface area (Å²) in [7, 11) is 1.56. The maximum atomic E-state index is 13.3. The molecule has 0 radical (unpaired) electrons. The average Bonchev–Trinajstić information content (AvgIpc) is 3.48. The number of hydrogen-bond donors (Lipinski definition) is 1. The van der Waals surface area contributed by atoms with Gasteiger partial charge in [0.15, 0.2) is 17.3 Å². The first-order valence-corrected chi connectivity index (χ1v) is 13.6. The number of rotatable bonds is 8. The molecule has 0 spiro atoms. The molecular weight excluding hydrogens is 541 g/mol. The fraction of sp³-hybridized carbons (Fsp3) is 0.333. The number of alkyl halides is 3. The van der Waals surface area contributed by atoms with Crippen molar-refractivity contribution in [2.24, 2.45) is 0 Å². The minimum atomic E-state index is -4.51. The lowest BCUT2D eigenvalue weighted by Crippen LogP contribution is -2.06. The highest BCUT2D eigenvalue weighted by Crippen LogP contribution is 2.45. The van der Waals surface area contributed by atoms with Gasteiger partial charge in [0, 0.05) is 30.3 Å². The van der Waals surface area contributed by atoms with E-state index in [0.29, 0.717) is 46.6 Å². The number of methoxy groups -OCH3 is 1. The monoisotopic (exact) mass is 566 g/mol. The summed E-state index contributed by atoms with van der Waals surface area (Å²) in [4.78, 5) is 27.4. The van der Waals surface area contributed by atoms with E-state index in [9.17, 15) is 13.2 Å². The second-order valence-electron chi connectivity index (χ2n) is 9.82. The summed E-state index contributed by atoms with van der Waals surface area (Å²) in [6.45, 7) is 4.06. The molecule has 206 valence electrons. The molecule has 40 heavy (non-hydrogen) atoms. The van der Waals surface area contributed by atoms with Gasteiger partial charge in [-0.05, 0) is 32.3 Å². The van der Waals surface area contributed by atoms with Crippen LogP contribution in [0.4, 0.5) is 19.0 Å². The molecule has 9 nitrogen and oxygen atoms in total. The van der Waals surface area contributed by atoms with Crippen LogP contribution in [0.15, 0.2) is 42.3 Å². The van der Waals surface area contributed by atoms with E-state index in [2.05, 4.69) is 25.3 Å². The number of nitrogens with one attached hydrogen (secondary N) is 1. The van der Waals surface area contributed by atoms with Gasteiger partial charge in [0.25, 0.3) is 0 Å². The smallest absolute Gasteiger partial charge is 0.434 e. The zero-order chi connectivity index (χ0) is 28.0. The van der Waals surface area contributed by atoms with Gasteiger partial charge in [-0.25, -0.2) is 29.9 Å². The number of ether oxygens (including phenoxy) is 1. The highest BCUT2D eigenvalue weighted by Gasteiger charge is 2.35. The number of imidazole rings is 1. The quantitative estimate of drug-likeness (QED) is 0.227. The van der Waals surface area contributed by atoms with Crippen LogP contribution >= 0.6 is 11.3 Å². The minimum absolute atomic E-state index is 0.179. The summed E-state index contributed by atoms with van der Waals surface area (Å²) in [5.41, 5.74) is 4.54. The Hall–Kier alpha value is -4.13. The number of nitrogens with zero attached hydrogens (tertiary/aromatic N) is 7. The van der Waals surface area contributed by atoms with Crippen molar-refractivity contribution in [2.75, 3.05) is 12.4 Å². The third-order valence-corrected chi connectivity index (χ3v) is 7.39. The lowest BCUT2D eigenvalue weighted by atomic mass is 10.1. The molecule has 0 aliphatic heterocycles. The van der Waals surface area contributed by atoms with Crippen molar-refractivity contribution in [3.8, 4) is 28.7 Å². The van der Waals surface area contributed by atoms with Crippen molar-refractivity contribution in [1.29, 1.82) is 0 Å². The SMILES string of the molecule is COc1ncnc(C2CC2)c1-c1nc(NCc2ccc(-c3nc(C(F)(F)F)cn3C(C)C)cc2)c2ncsc2n1. The normalized spacial score (nSPS) is 13.8. The summed E-state index contributed by atoms with van der Waals surface area (Å²) in [5.74, 6) is 2.06. The molecule has 1 aliphatic rings. The molecule has 1 saturated carbocycles. The van der Waals surface area contributed by atoms with Crippen LogP contribution in [0.2, 0.25) is 0 Å². The standard InChI is InChI=1S/C27H25F3N8OS/c1-14(2)38-11-18(27(28,29)30)35-24(38)17-6-4-15(5-7-17)10-31-23-21-26(40-13-34-21)37-22(36-23)19-20(16-8-9-16)32-12-33-25(19)39-3/h4-7,11-14,16H,8-10H2,1-3H3,(H,31,36,37). The van der Waals surface area contributed by atoms with E-state index in [0.717, 1.165) is 35.1 Å². The van der Waals surface area contributed by atoms with Gasteiger partial charge in [0.1, 0.15) is 28.1 Å². The molecule has 13 heteroatoms. The molecule has 0 bridgehead atoms. The van der Waals surface area contributed by atoms with Crippen LogP contribution in [0, 0.1) is 0 Å². The Bertz CT molecular complexity index is 1680.